The highest BCUT2D eigenvalue weighted by molar-refractivity contribution is 5.85. The lowest BCUT2D eigenvalue weighted by atomic mass is 10.1. The van der Waals surface area contributed by atoms with Crippen LogP contribution in [0, 0.1) is 11.6 Å². The van der Waals surface area contributed by atoms with Gasteiger partial charge in [0, 0.05) is 25.7 Å². The van der Waals surface area contributed by atoms with Gasteiger partial charge in [0.05, 0.1) is 6.10 Å². The van der Waals surface area contributed by atoms with Gasteiger partial charge in [-0.05, 0) is 31.4 Å². The van der Waals surface area contributed by atoms with Crippen LogP contribution in [0.5, 0.6) is 0 Å². The predicted octanol–water partition coefficient (Wildman–Crippen LogP) is 2.01. The third-order valence-electron chi connectivity index (χ3n) is 4.45. The summed E-state index contributed by atoms with van der Waals surface area (Å²) in [5.74, 6) is -1.33. The fourth-order valence-corrected chi connectivity index (χ4v) is 3.24. The molecule has 1 amide bonds. The second kappa shape index (κ2) is 9.52. The lowest BCUT2D eigenvalue weighted by molar-refractivity contribution is -0.132. The van der Waals surface area contributed by atoms with Crippen molar-refractivity contribution in [3.8, 4) is 0 Å². The van der Waals surface area contributed by atoms with Crippen molar-refractivity contribution in [2.24, 2.45) is 5.73 Å². The van der Waals surface area contributed by atoms with E-state index in [1.54, 1.807) is 4.90 Å². The van der Waals surface area contributed by atoms with Gasteiger partial charge >= 0.3 is 0 Å². The van der Waals surface area contributed by atoms with E-state index >= 15 is 0 Å². The lowest BCUT2D eigenvalue weighted by Gasteiger charge is -2.21. The molecule has 0 aliphatic carbocycles. The minimum Gasteiger partial charge on any atom is -0.365 e. The molecule has 9 heteroatoms. The van der Waals surface area contributed by atoms with Gasteiger partial charge in [-0.3, -0.25) is 4.79 Å². The number of benzene rings is 1. The Bertz CT molecular complexity index is 574. The molecule has 0 bridgehead atoms. The number of rotatable bonds is 4. The maximum Gasteiger partial charge on any atom is 0.249 e. The van der Waals surface area contributed by atoms with E-state index in [0.29, 0.717) is 32.5 Å². The first kappa shape index (κ1) is 21.9. The topological polar surface area (TPSA) is 67.6 Å². The van der Waals surface area contributed by atoms with E-state index in [1.807, 2.05) is 0 Å². The molecule has 2 aliphatic heterocycles. The first-order valence-electron chi connectivity index (χ1n) is 7.93. The molecule has 1 aromatic rings. The van der Waals surface area contributed by atoms with Crippen LogP contribution in [0.3, 0.4) is 0 Å². The molecule has 0 radical (unpaired) electrons. The maximum atomic E-state index is 13.8. The van der Waals surface area contributed by atoms with Crippen molar-refractivity contribution in [1.29, 1.82) is 0 Å². The summed E-state index contributed by atoms with van der Waals surface area (Å²) in [5, 5.41) is 2.91. The number of anilines is 1. The fraction of sp³-hybridized carbons (Fsp3) is 0.562. The first-order chi connectivity index (χ1) is 11.1. The van der Waals surface area contributed by atoms with E-state index in [2.05, 4.69) is 5.32 Å². The van der Waals surface area contributed by atoms with Crippen molar-refractivity contribution in [2.45, 2.75) is 37.5 Å². The number of hydrogen-bond acceptors (Lipinski definition) is 4. The largest absolute Gasteiger partial charge is 0.365 e. The Morgan fingerprint density at radius 2 is 1.92 bits per heavy atom. The Balaban J connectivity index is 0.00000156. The van der Waals surface area contributed by atoms with Crippen LogP contribution >= 0.6 is 24.8 Å². The average molecular weight is 398 g/mol. The molecule has 0 spiro atoms. The van der Waals surface area contributed by atoms with Crippen LogP contribution in [-0.2, 0) is 9.53 Å². The van der Waals surface area contributed by atoms with E-state index in [1.165, 1.54) is 18.2 Å². The van der Waals surface area contributed by atoms with Crippen LogP contribution in [0.2, 0.25) is 0 Å². The minimum absolute atomic E-state index is 0. The van der Waals surface area contributed by atoms with Crippen LogP contribution < -0.4 is 16.0 Å². The molecule has 0 aromatic heterocycles. The van der Waals surface area contributed by atoms with Crippen molar-refractivity contribution in [2.75, 3.05) is 24.5 Å². The number of halogens is 4. The van der Waals surface area contributed by atoms with Crippen LogP contribution in [0.1, 0.15) is 19.3 Å². The van der Waals surface area contributed by atoms with Crippen molar-refractivity contribution in [3.05, 3.63) is 29.8 Å². The second-order valence-electron chi connectivity index (χ2n) is 6.07. The van der Waals surface area contributed by atoms with E-state index in [0.717, 1.165) is 6.42 Å². The molecule has 2 saturated heterocycles. The highest BCUT2D eigenvalue weighted by atomic mass is 35.5. The molecule has 2 aliphatic rings. The summed E-state index contributed by atoms with van der Waals surface area (Å²) in [6, 6.07) is 3.68. The predicted molar refractivity (Wildman–Crippen MR) is 96.6 cm³/mol. The van der Waals surface area contributed by atoms with E-state index in [-0.39, 0.29) is 48.6 Å². The summed E-state index contributed by atoms with van der Waals surface area (Å²) in [6.07, 6.45) is 1.56. The average Bonchev–Trinajstić information content (AvgIpc) is 3.16. The number of hydrogen-bond donors (Lipinski definition) is 2. The molecular formula is C16H23Cl2F2N3O2. The van der Waals surface area contributed by atoms with Gasteiger partial charge in [-0.1, -0.05) is 6.07 Å². The lowest BCUT2D eigenvalue weighted by Crippen LogP contribution is -2.43. The number of carbonyl (C=O) groups is 1. The Kier molecular flexibility index (Phi) is 8.34. The smallest absolute Gasteiger partial charge is 0.249 e. The molecule has 3 rings (SSSR count). The summed E-state index contributed by atoms with van der Waals surface area (Å²) in [7, 11) is 0. The SMILES string of the molecule is Cl.Cl.NC[C@H]1CC[C@@H](C(=O)NC2CCN(c3c(F)cccc3F)C2)O1. The quantitative estimate of drug-likeness (QED) is 0.815. The molecule has 0 saturated carbocycles. The number of para-hydroxylation sites is 1. The molecule has 3 atom stereocenters. The summed E-state index contributed by atoms with van der Waals surface area (Å²) < 4.78 is 33.2. The molecule has 2 fully saturated rings. The van der Waals surface area contributed by atoms with Gasteiger partial charge in [0.2, 0.25) is 5.91 Å². The van der Waals surface area contributed by atoms with Crippen LogP contribution in [0.25, 0.3) is 0 Å². The van der Waals surface area contributed by atoms with E-state index in [9.17, 15) is 13.6 Å². The molecular weight excluding hydrogens is 375 g/mol. The van der Waals surface area contributed by atoms with Gasteiger partial charge < -0.3 is 20.7 Å². The Hall–Kier alpha value is -1.15. The normalized spacial score (nSPS) is 25.2. The molecule has 142 valence electrons. The van der Waals surface area contributed by atoms with Crippen LogP contribution in [-0.4, -0.2) is 43.8 Å². The fourth-order valence-electron chi connectivity index (χ4n) is 3.24. The summed E-state index contributed by atoms with van der Waals surface area (Å²) in [6.45, 7) is 1.30. The Morgan fingerprint density at radius 1 is 1.24 bits per heavy atom. The van der Waals surface area contributed by atoms with E-state index in [4.69, 9.17) is 10.5 Å². The second-order valence-corrected chi connectivity index (χ2v) is 6.07. The monoisotopic (exact) mass is 397 g/mol. The third kappa shape index (κ3) is 4.94. The van der Waals surface area contributed by atoms with Crippen molar-refractivity contribution < 1.29 is 18.3 Å². The summed E-state index contributed by atoms with van der Waals surface area (Å²) in [4.78, 5) is 13.8. The van der Waals surface area contributed by atoms with Gasteiger partial charge in [-0.2, -0.15) is 0 Å². The van der Waals surface area contributed by atoms with Crippen molar-refractivity contribution >= 4 is 36.4 Å². The van der Waals surface area contributed by atoms with Crippen molar-refractivity contribution in [3.63, 3.8) is 0 Å². The standard InChI is InChI=1S/C16H21F2N3O2.2ClH/c17-12-2-1-3-13(18)15(12)21-7-6-10(9-21)20-16(22)14-5-4-11(8-19)23-14;;/h1-3,10-11,14H,4-9,19H2,(H,20,22);2*1H/t10?,11-,14+;;/m1../s1. The third-order valence-corrected chi connectivity index (χ3v) is 4.45. The van der Waals surface area contributed by atoms with Crippen molar-refractivity contribution in [1.82, 2.24) is 5.32 Å². The zero-order chi connectivity index (χ0) is 16.4. The molecule has 1 aromatic carbocycles. The van der Waals surface area contributed by atoms with Crippen LogP contribution in [0.4, 0.5) is 14.5 Å². The molecule has 3 N–H and O–H groups in total. The van der Waals surface area contributed by atoms with Gasteiger partial charge in [0.15, 0.2) is 0 Å². The number of nitrogens with zero attached hydrogens (tertiary/aromatic N) is 1. The molecule has 1 unspecified atom stereocenters. The summed E-state index contributed by atoms with van der Waals surface area (Å²) in [5.41, 5.74) is 5.51. The highest BCUT2D eigenvalue weighted by Gasteiger charge is 2.33. The molecule has 2 heterocycles. The zero-order valence-electron chi connectivity index (χ0n) is 13.6. The van der Waals surface area contributed by atoms with Crippen LogP contribution in [0.15, 0.2) is 18.2 Å². The number of amides is 1. The highest BCUT2D eigenvalue weighted by Crippen LogP contribution is 2.27. The minimum atomic E-state index is -0.582. The zero-order valence-corrected chi connectivity index (χ0v) is 15.3. The van der Waals surface area contributed by atoms with Gasteiger partial charge in [0.25, 0.3) is 0 Å². The molecule has 25 heavy (non-hydrogen) atoms. The number of nitrogens with one attached hydrogen (secondary N) is 1. The van der Waals surface area contributed by atoms with Gasteiger partial charge in [-0.25, -0.2) is 8.78 Å². The summed E-state index contributed by atoms with van der Waals surface area (Å²) >= 11 is 0. The van der Waals surface area contributed by atoms with Gasteiger partial charge in [-0.15, -0.1) is 24.8 Å². The maximum absolute atomic E-state index is 13.8. The molecule has 5 nitrogen and oxygen atoms in total. The number of carbonyl (C=O) groups excluding carboxylic acids is 1. The van der Waals surface area contributed by atoms with E-state index < -0.39 is 17.7 Å². The number of ether oxygens (including phenoxy) is 1. The van der Waals surface area contributed by atoms with Gasteiger partial charge in [0.1, 0.15) is 23.4 Å². The first-order valence-corrected chi connectivity index (χ1v) is 7.93. The Morgan fingerprint density at radius 3 is 2.52 bits per heavy atom. The Labute approximate surface area is 158 Å². The number of nitrogens with two attached hydrogens (primary N) is 1.